The van der Waals surface area contributed by atoms with Crippen LogP contribution in [0.2, 0.25) is 0 Å². The summed E-state index contributed by atoms with van der Waals surface area (Å²) >= 11 is 0. The number of amides is 3. The highest BCUT2D eigenvalue weighted by atomic mass is 16.2. The average Bonchev–Trinajstić information content (AvgIpc) is 2.78. The number of benzene rings is 1. The number of likely N-dealkylation sites (N-methyl/N-ethyl adjacent to an activating group) is 1. The van der Waals surface area contributed by atoms with Gasteiger partial charge in [-0.25, -0.2) is 0 Å². The Hall–Kier alpha value is -2.63. The third-order valence-electron chi connectivity index (χ3n) is 6.50. The number of carbonyl (C=O) groups excluding carboxylic acids is 3. The number of carbonyl (C=O) groups is 3. The standard InChI is InChI=1S/C25H35N3O3/c1-18-22(25(31)27(2)3)14-21(15-23(29)26-16-19-10-6-4-7-11-19)24(30)28(18)17-20-12-8-5-9-13-20/h5,8-9,12-13,19,21H,4,6-7,10-11,14-17H2,1-3H3,(H,26,29). The summed E-state index contributed by atoms with van der Waals surface area (Å²) in [5.41, 5.74) is 2.30. The van der Waals surface area contributed by atoms with Gasteiger partial charge in [-0.3, -0.25) is 14.4 Å². The Morgan fingerprint density at radius 3 is 2.42 bits per heavy atom. The van der Waals surface area contributed by atoms with Gasteiger partial charge in [0.25, 0.3) is 5.91 Å². The molecule has 6 heteroatoms. The largest absolute Gasteiger partial charge is 0.356 e. The van der Waals surface area contributed by atoms with Crippen molar-refractivity contribution < 1.29 is 14.4 Å². The van der Waals surface area contributed by atoms with Gasteiger partial charge < -0.3 is 15.1 Å². The van der Waals surface area contributed by atoms with E-state index in [1.165, 1.54) is 24.2 Å². The van der Waals surface area contributed by atoms with Gasteiger partial charge in [-0.15, -0.1) is 0 Å². The Balaban J connectivity index is 1.73. The molecular formula is C25H35N3O3. The Labute approximate surface area is 185 Å². The Bertz CT molecular complexity index is 826. The molecule has 1 N–H and O–H groups in total. The van der Waals surface area contributed by atoms with Crippen molar-refractivity contribution in [3.8, 4) is 0 Å². The second kappa shape index (κ2) is 10.6. The summed E-state index contributed by atoms with van der Waals surface area (Å²) in [7, 11) is 3.43. The van der Waals surface area contributed by atoms with Crippen molar-refractivity contribution in [3.63, 3.8) is 0 Å². The van der Waals surface area contributed by atoms with E-state index in [0.29, 0.717) is 36.7 Å². The summed E-state index contributed by atoms with van der Waals surface area (Å²) in [5.74, 6) is -0.250. The molecular weight excluding hydrogens is 390 g/mol. The maximum Gasteiger partial charge on any atom is 0.251 e. The molecule has 1 aromatic carbocycles. The lowest BCUT2D eigenvalue weighted by molar-refractivity contribution is -0.139. The maximum absolute atomic E-state index is 13.3. The van der Waals surface area contributed by atoms with E-state index < -0.39 is 5.92 Å². The molecule has 1 aliphatic heterocycles. The monoisotopic (exact) mass is 425 g/mol. The molecule has 1 unspecified atom stereocenters. The number of allylic oxidation sites excluding steroid dienone is 1. The van der Waals surface area contributed by atoms with E-state index in [1.54, 1.807) is 19.0 Å². The normalized spacial score (nSPS) is 20.0. The highest BCUT2D eigenvalue weighted by Gasteiger charge is 2.37. The summed E-state index contributed by atoms with van der Waals surface area (Å²) in [5, 5.41) is 3.04. The smallest absolute Gasteiger partial charge is 0.251 e. The van der Waals surface area contributed by atoms with E-state index in [9.17, 15) is 14.4 Å². The predicted molar refractivity (Wildman–Crippen MR) is 121 cm³/mol. The molecule has 1 aromatic rings. The minimum Gasteiger partial charge on any atom is -0.356 e. The van der Waals surface area contributed by atoms with Crippen molar-refractivity contribution in [2.45, 2.75) is 58.4 Å². The molecule has 0 bridgehead atoms. The zero-order valence-electron chi connectivity index (χ0n) is 19.0. The first-order valence-electron chi connectivity index (χ1n) is 11.4. The highest BCUT2D eigenvalue weighted by molar-refractivity contribution is 5.98. The van der Waals surface area contributed by atoms with Gasteiger partial charge >= 0.3 is 0 Å². The van der Waals surface area contributed by atoms with Gasteiger partial charge in [-0.1, -0.05) is 49.6 Å². The summed E-state index contributed by atoms with van der Waals surface area (Å²) < 4.78 is 0. The first-order valence-corrected chi connectivity index (χ1v) is 11.4. The Morgan fingerprint density at radius 2 is 1.77 bits per heavy atom. The third kappa shape index (κ3) is 5.96. The zero-order valence-corrected chi connectivity index (χ0v) is 19.0. The topological polar surface area (TPSA) is 69.7 Å². The quantitative estimate of drug-likeness (QED) is 0.727. The minimum atomic E-state index is -0.516. The van der Waals surface area contributed by atoms with Gasteiger partial charge in [0.2, 0.25) is 11.8 Å². The number of nitrogens with one attached hydrogen (secondary N) is 1. The van der Waals surface area contributed by atoms with E-state index in [4.69, 9.17) is 0 Å². The van der Waals surface area contributed by atoms with Crippen LogP contribution in [-0.2, 0) is 20.9 Å². The molecule has 2 aliphatic rings. The molecule has 6 nitrogen and oxygen atoms in total. The van der Waals surface area contributed by atoms with E-state index in [2.05, 4.69) is 5.32 Å². The lowest BCUT2D eigenvalue weighted by atomic mass is 9.87. The van der Waals surface area contributed by atoms with Crippen molar-refractivity contribution >= 4 is 17.7 Å². The number of rotatable bonds is 7. The average molecular weight is 426 g/mol. The number of nitrogens with zero attached hydrogens (tertiary/aromatic N) is 2. The van der Waals surface area contributed by atoms with Gasteiger partial charge in [0.1, 0.15) is 0 Å². The highest BCUT2D eigenvalue weighted by Crippen LogP contribution is 2.32. The molecule has 1 aliphatic carbocycles. The molecule has 0 radical (unpaired) electrons. The Kier molecular flexibility index (Phi) is 7.88. The molecule has 168 valence electrons. The van der Waals surface area contributed by atoms with E-state index >= 15 is 0 Å². The van der Waals surface area contributed by atoms with Crippen LogP contribution in [-0.4, -0.2) is 48.2 Å². The minimum absolute atomic E-state index is 0.0792. The van der Waals surface area contributed by atoms with E-state index in [1.807, 2.05) is 37.3 Å². The molecule has 0 aromatic heterocycles. The molecule has 0 spiro atoms. The molecule has 31 heavy (non-hydrogen) atoms. The van der Waals surface area contributed by atoms with Crippen molar-refractivity contribution in [3.05, 3.63) is 47.2 Å². The van der Waals surface area contributed by atoms with E-state index in [-0.39, 0.29) is 24.1 Å². The van der Waals surface area contributed by atoms with Crippen LogP contribution in [0.4, 0.5) is 0 Å². The molecule has 0 saturated heterocycles. The van der Waals surface area contributed by atoms with Gasteiger partial charge in [-0.2, -0.15) is 0 Å². The molecule has 1 saturated carbocycles. The zero-order chi connectivity index (χ0) is 22.4. The second-order valence-corrected chi connectivity index (χ2v) is 9.09. The summed E-state index contributed by atoms with van der Waals surface area (Å²) in [4.78, 5) is 42.0. The van der Waals surface area contributed by atoms with Crippen molar-refractivity contribution in [1.29, 1.82) is 0 Å². The molecule has 1 fully saturated rings. The molecule has 3 amide bonds. The van der Waals surface area contributed by atoms with Gasteiger partial charge in [0, 0.05) is 38.3 Å². The van der Waals surface area contributed by atoms with Crippen LogP contribution >= 0.6 is 0 Å². The summed E-state index contributed by atoms with van der Waals surface area (Å²) in [6.07, 6.45) is 6.50. The Morgan fingerprint density at radius 1 is 1.10 bits per heavy atom. The van der Waals surface area contributed by atoms with Crippen molar-refractivity contribution in [1.82, 2.24) is 15.1 Å². The first kappa shape index (κ1) is 23.0. The van der Waals surface area contributed by atoms with Crippen molar-refractivity contribution in [2.75, 3.05) is 20.6 Å². The fourth-order valence-electron chi connectivity index (χ4n) is 4.61. The van der Waals surface area contributed by atoms with Crippen LogP contribution in [0.5, 0.6) is 0 Å². The molecule has 1 atom stereocenters. The van der Waals surface area contributed by atoms with Gasteiger partial charge in [0.15, 0.2) is 0 Å². The van der Waals surface area contributed by atoms with Crippen LogP contribution in [0.15, 0.2) is 41.6 Å². The predicted octanol–water partition coefficient (Wildman–Crippen LogP) is 3.48. The maximum atomic E-state index is 13.3. The summed E-state index contributed by atoms with van der Waals surface area (Å²) in [6.45, 7) is 2.92. The second-order valence-electron chi connectivity index (χ2n) is 9.09. The third-order valence-corrected chi connectivity index (χ3v) is 6.50. The van der Waals surface area contributed by atoms with Gasteiger partial charge in [0.05, 0.1) is 12.5 Å². The molecule has 1 heterocycles. The fourth-order valence-corrected chi connectivity index (χ4v) is 4.61. The van der Waals surface area contributed by atoms with Gasteiger partial charge in [-0.05, 0) is 37.7 Å². The van der Waals surface area contributed by atoms with Crippen LogP contribution in [0.25, 0.3) is 0 Å². The number of hydrogen-bond donors (Lipinski definition) is 1. The van der Waals surface area contributed by atoms with Crippen LogP contribution in [0.1, 0.15) is 57.4 Å². The molecule has 3 rings (SSSR count). The van der Waals surface area contributed by atoms with Crippen LogP contribution < -0.4 is 5.32 Å². The summed E-state index contributed by atoms with van der Waals surface area (Å²) in [6, 6.07) is 9.74. The van der Waals surface area contributed by atoms with Crippen molar-refractivity contribution in [2.24, 2.45) is 11.8 Å². The lowest BCUT2D eigenvalue weighted by Gasteiger charge is -2.35. The van der Waals surface area contributed by atoms with E-state index in [0.717, 1.165) is 18.4 Å². The van der Waals surface area contributed by atoms with Crippen LogP contribution in [0.3, 0.4) is 0 Å². The SMILES string of the molecule is CC1=C(C(=O)N(C)C)CC(CC(=O)NCC2CCCCC2)C(=O)N1Cc1ccccc1. The lowest BCUT2D eigenvalue weighted by Crippen LogP contribution is -2.43. The fraction of sp³-hybridized carbons (Fsp3) is 0.560. The first-order chi connectivity index (χ1) is 14.9. The van der Waals surface area contributed by atoms with Crippen LogP contribution in [0, 0.1) is 11.8 Å². The number of hydrogen-bond acceptors (Lipinski definition) is 3.